The maximum absolute atomic E-state index is 12.2. The van der Waals surface area contributed by atoms with Crippen LogP contribution in [0.25, 0.3) is 0 Å². The molecule has 6 nitrogen and oxygen atoms in total. The van der Waals surface area contributed by atoms with Gasteiger partial charge < -0.3 is 14.5 Å². The Hall–Kier alpha value is -2.06. The summed E-state index contributed by atoms with van der Waals surface area (Å²) in [6, 6.07) is 10.9. The predicted octanol–water partition coefficient (Wildman–Crippen LogP) is 4.05. The predicted molar refractivity (Wildman–Crippen MR) is 99.3 cm³/mol. The minimum atomic E-state index is -0.289. The van der Waals surface area contributed by atoms with Crippen LogP contribution in [0.15, 0.2) is 56.0 Å². The van der Waals surface area contributed by atoms with Gasteiger partial charge in [-0.15, -0.1) is 0 Å². The molecule has 1 aromatic carbocycles. The Morgan fingerprint density at radius 2 is 2.00 bits per heavy atom. The van der Waals surface area contributed by atoms with Gasteiger partial charge in [-0.2, -0.15) is 5.10 Å². The third-order valence-electron chi connectivity index (χ3n) is 3.51. The van der Waals surface area contributed by atoms with E-state index in [-0.39, 0.29) is 18.3 Å². The van der Waals surface area contributed by atoms with E-state index in [4.69, 9.17) is 9.15 Å². The first-order chi connectivity index (χ1) is 12.0. The molecule has 0 aliphatic rings. The van der Waals surface area contributed by atoms with Crippen LogP contribution in [-0.2, 0) is 20.2 Å². The lowest BCUT2D eigenvalue weighted by Crippen LogP contribution is -2.23. The molecular formula is C17H15Br2N3O3. The van der Waals surface area contributed by atoms with Crippen molar-refractivity contribution < 1.29 is 13.9 Å². The summed E-state index contributed by atoms with van der Waals surface area (Å²) in [5.74, 6) is 1.26. The Morgan fingerprint density at radius 3 is 2.68 bits per heavy atom. The van der Waals surface area contributed by atoms with Crippen molar-refractivity contribution in [1.82, 2.24) is 15.1 Å². The number of rotatable bonds is 6. The standard InChI is InChI=1S/C17H15Br2N3O3/c1-22-15(14(19)8-21-22)9-20-17(23)16-7-6-13(25-16)10-24-12-4-2-11(18)3-5-12/h2-8H,9-10H2,1H3,(H,20,23). The van der Waals surface area contributed by atoms with E-state index in [1.54, 1.807) is 23.0 Å². The molecule has 130 valence electrons. The number of carbonyl (C=O) groups excluding carboxylic acids is 1. The van der Waals surface area contributed by atoms with Crippen LogP contribution in [0.4, 0.5) is 0 Å². The Morgan fingerprint density at radius 1 is 1.24 bits per heavy atom. The summed E-state index contributed by atoms with van der Waals surface area (Å²) in [6.07, 6.45) is 1.69. The molecule has 0 saturated carbocycles. The topological polar surface area (TPSA) is 69.3 Å². The van der Waals surface area contributed by atoms with Gasteiger partial charge in [0.15, 0.2) is 5.76 Å². The van der Waals surface area contributed by atoms with Gasteiger partial charge in [0.05, 0.1) is 22.9 Å². The highest BCUT2D eigenvalue weighted by molar-refractivity contribution is 9.10. The van der Waals surface area contributed by atoms with Gasteiger partial charge in [-0.3, -0.25) is 9.48 Å². The molecule has 0 unspecified atom stereocenters. The van der Waals surface area contributed by atoms with Crippen LogP contribution in [0.5, 0.6) is 5.75 Å². The number of aryl methyl sites for hydroxylation is 1. The molecular weight excluding hydrogens is 454 g/mol. The molecule has 25 heavy (non-hydrogen) atoms. The average molecular weight is 469 g/mol. The molecule has 0 fully saturated rings. The molecule has 0 aliphatic carbocycles. The molecule has 2 heterocycles. The number of halogens is 2. The fraction of sp³-hybridized carbons (Fsp3) is 0.176. The zero-order valence-electron chi connectivity index (χ0n) is 13.3. The molecule has 0 bridgehead atoms. The zero-order chi connectivity index (χ0) is 17.8. The highest BCUT2D eigenvalue weighted by atomic mass is 79.9. The number of hydrogen-bond acceptors (Lipinski definition) is 4. The lowest BCUT2D eigenvalue weighted by Gasteiger charge is -2.05. The lowest BCUT2D eigenvalue weighted by atomic mass is 10.3. The van der Waals surface area contributed by atoms with Crippen molar-refractivity contribution in [2.45, 2.75) is 13.2 Å². The quantitative estimate of drug-likeness (QED) is 0.592. The maximum atomic E-state index is 12.2. The van der Waals surface area contributed by atoms with Crippen molar-refractivity contribution >= 4 is 37.8 Å². The fourth-order valence-corrected chi connectivity index (χ4v) is 2.90. The van der Waals surface area contributed by atoms with Gasteiger partial charge in [0.1, 0.15) is 18.1 Å². The first kappa shape index (κ1) is 17.8. The number of nitrogens with one attached hydrogen (secondary N) is 1. The summed E-state index contributed by atoms with van der Waals surface area (Å²) >= 11 is 6.77. The van der Waals surface area contributed by atoms with Gasteiger partial charge in [-0.05, 0) is 52.3 Å². The molecule has 1 amide bonds. The van der Waals surface area contributed by atoms with Crippen LogP contribution in [0.3, 0.4) is 0 Å². The SMILES string of the molecule is Cn1ncc(Br)c1CNC(=O)c1ccc(COc2ccc(Br)cc2)o1. The second-order valence-corrected chi connectivity index (χ2v) is 7.02. The van der Waals surface area contributed by atoms with Crippen LogP contribution in [-0.4, -0.2) is 15.7 Å². The number of amides is 1. The molecule has 2 aromatic heterocycles. The zero-order valence-corrected chi connectivity index (χ0v) is 16.5. The van der Waals surface area contributed by atoms with Gasteiger partial charge in [-0.1, -0.05) is 15.9 Å². The Balaban J connectivity index is 1.55. The summed E-state index contributed by atoms with van der Waals surface area (Å²) < 4.78 is 14.7. The summed E-state index contributed by atoms with van der Waals surface area (Å²) in [5, 5.41) is 6.91. The van der Waals surface area contributed by atoms with Crippen molar-refractivity contribution in [2.75, 3.05) is 0 Å². The fourth-order valence-electron chi connectivity index (χ4n) is 2.15. The van der Waals surface area contributed by atoms with E-state index in [1.165, 1.54) is 0 Å². The summed E-state index contributed by atoms with van der Waals surface area (Å²) in [5.41, 5.74) is 0.874. The molecule has 0 atom stereocenters. The second kappa shape index (κ2) is 7.88. The van der Waals surface area contributed by atoms with Gasteiger partial charge in [0.2, 0.25) is 0 Å². The number of carbonyl (C=O) groups is 1. The third kappa shape index (κ3) is 4.52. The first-order valence-electron chi connectivity index (χ1n) is 7.44. The Labute approximate surface area is 161 Å². The third-order valence-corrected chi connectivity index (χ3v) is 4.70. The Bertz CT molecular complexity index is 852. The Kier molecular flexibility index (Phi) is 5.60. The van der Waals surface area contributed by atoms with Crippen LogP contribution in [0.2, 0.25) is 0 Å². The summed E-state index contributed by atoms with van der Waals surface area (Å²) in [7, 11) is 1.82. The van der Waals surface area contributed by atoms with Crippen LogP contribution in [0.1, 0.15) is 22.0 Å². The van der Waals surface area contributed by atoms with Crippen LogP contribution < -0.4 is 10.1 Å². The normalized spacial score (nSPS) is 10.7. The number of hydrogen-bond donors (Lipinski definition) is 1. The van der Waals surface area contributed by atoms with E-state index < -0.39 is 0 Å². The van der Waals surface area contributed by atoms with Gasteiger partial charge in [0.25, 0.3) is 5.91 Å². The van der Waals surface area contributed by atoms with Crippen molar-refractivity contribution in [3.8, 4) is 5.75 Å². The minimum absolute atomic E-state index is 0.243. The van der Waals surface area contributed by atoms with E-state index in [2.05, 4.69) is 42.3 Å². The van der Waals surface area contributed by atoms with Gasteiger partial charge in [0, 0.05) is 11.5 Å². The number of aromatic nitrogens is 2. The van der Waals surface area contributed by atoms with E-state index in [0.717, 1.165) is 20.4 Å². The number of benzene rings is 1. The number of nitrogens with zero attached hydrogens (tertiary/aromatic N) is 2. The molecule has 1 N–H and O–H groups in total. The highest BCUT2D eigenvalue weighted by Crippen LogP contribution is 2.18. The van der Waals surface area contributed by atoms with E-state index in [0.29, 0.717) is 12.3 Å². The maximum Gasteiger partial charge on any atom is 0.287 e. The average Bonchev–Trinajstić information content (AvgIpc) is 3.20. The van der Waals surface area contributed by atoms with Crippen molar-refractivity contribution in [2.24, 2.45) is 7.05 Å². The first-order valence-corrected chi connectivity index (χ1v) is 9.03. The summed E-state index contributed by atoms with van der Waals surface area (Å²) in [6.45, 7) is 0.601. The largest absolute Gasteiger partial charge is 0.486 e. The molecule has 3 aromatic rings. The van der Waals surface area contributed by atoms with E-state index in [1.807, 2.05) is 31.3 Å². The van der Waals surface area contributed by atoms with Crippen molar-refractivity contribution in [3.05, 3.63) is 68.8 Å². The van der Waals surface area contributed by atoms with Crippen molar-refractivity contribution in [3.63, 3.8) is 0 Å². The molecule has 0 aliphatic heterocycles. The molecule has 3 rings (SSSR count). The highest BCUT2D eigenvalue weighted by Gasteiger charge is 2.13. The number of ether oxygens (including phenoxy) is 1. The number of furan rings is 1. The van der Waals surface area contributed by atoms with E-state index in [9.17, 15) is 4.79 Å². The van der Waals surface area contributed by atoms with Gasteiger partial charge >= 0.3 is 0 Å². The molecule has 0 saturated heterocycles. The smallest absolute Gasteiger partial charge is 0.287 e. The second-order valence-electron chi connectivity index (χ2n) is 5.25. The van der Waals surface area contributed by atoms with Crippen LogP contribution >= 0.6 is 31.9 Å². The summed E-state index contributed by atoms with van der Waals surface area (Å²) in [4.78, 5) is 12.2. The van der Waals surface area contributed by atoms with Crippen LogP contribution in [0, 0.1) is 0 Å². The monoisotopic (exact) mass is 467 g/mol. The lowest BCUT2D eigenvalue weighted by molar-refractivity contribution is 0.0918. The molecule has 0 radical (unpaired) electrons. The molecule has 0 spiro atoms. The minimum Gasteiger partial charge on any atom is -0.486 e. The van der Waals surface area contributed by atoms with Gasteiger partial charge in [-0.25, -0.2) is 0 Å². The van der Waals surface area contributed by atoms with Crippen molar-refractivity contribution in [1.29, 1.82) is 0 Å². The van der Waals surface area contributed by atoms with E-state index >= 15 is 0 Å². The molecule has 8 heteroatoms.